The van der Waals surface area contributed by atoms with Crippen molar-refractivity contribution in [1.82, 2.24) is 4.90 Å². The van der Waals surface area contributed by atoms with Crippen LogP contribution in [0.2, 0.25) is 18.1 Å². The third-order valence-electron chi connectivity index (χ3n) is 5.50. The zero-order valence-electron chi connectivity index (χ0n) is 16.1. The number of halogens is 1. The molecular formula is C19H33BrN2OSi. The van der Waals surface area contributed by atoms with E-state index in [1.165, 1.54) is 12.1 Å². The summed E-state index contributed by atoms with van der Waals surface area (Å²) in [6, 6.07) is 8.50. The summed E-state index contributed by atoms with van der Waals surface area (Å²) in [4.78, 5) is 4.87. The molecule has 0 saturated carbocycles. The molecule has 1 aliphatic heterocycles. The summed E-state index contributed by atoms with van der Waals surface area (Å²) in [6.07, 6.45) is 1.59. The highest BCUT2D eigenvalue weighted by Crippen LogP contribution is 2.38. The lowest BCUT2D eigenvalue weighted by Gasteiger charge is -2.38. The summed E-state index contributed by atoms with van der Waals surface area (Å²) in [5, 5.41) is 0.293. The Morgan fingerprint density at radius 3 is 2.67 bits per heavy atom. The first kappa shape index (κ1) is 20.0. The SMILES string of the molecule is CN(CCN1CC[C@H](O[Si](C)(C)C(C)(C)C)C1)c1cccc(Br)c1. The van der Waals surface area contributed by atoms with Crippen molar-refractivity contribution in [1.29, 1.82) is 0 Å². The molecule has 1 heterocycles. The maximum Gasteiger partial charge on any atom is 0.192 e. The van der Waals surface area contributed by atoms with Crippen LogP contribution in [0.3, 0.4) is 0 Å². The van der Waals surface area contributed by atoms with E-state index >= 15 is 0 Å². The Bertz CT molecular complexity index is 544. The van der Waals surface area contributed by atoms with Gasteiger partial charge in [0.05, 0.1) is 6.10 Å². The average molecular weight is 413 g/mol. The van der Waals surface area contributed by atoms with Crippen molar-refractivity contribution in [3.05, 3.63) is 28.7 Å². The highest BCUT2D eigenvalue weighted by atomic mass is 79.9. The number of hydrogen-bond donors (Lipinski definition) is 0. The van der Waals surface area contributed by atoms with Crippen molar-refractivity contribution in [2.75, 3.05) is 38.1 Å². The van der Waals surface area contributed by atoms with Gasteiger partial charge in [-0.2, -0.15) is 0 Å². The molecule has 136 valence electrons. The Labute approximate surface area is 157 Å². The van der Waals surface area contributed by atoms with E-state index in [1.807, 2.05) is 0 Å². The van der Waals surface area contributed by atoms with Crippen molar-refractivity contribution in [3.63, 3.8) is 0 Å². The second-order valence-electron chi connectivity index (χ2n) is 8.49. The lowest BCUT2D eigenvalue weighted by atomic mass is 10.2. The summed E-state index contributed by atoms with van der Waals surface area (Å²) in [7, 11) is 0.523. The molecule has 0 aromatic heterocycles. The van der Waals surface area contributed by atoms with E-state index < -0.39 is 8.32 Å². The Morgan fingerprint density at radius 1 is 1.33 bits per heavy atom. The average Bonchev–Trinajstić information content (AvgIpc) is 2.90. The van der Waals surface area contributed by atoms with Gasteiger partial charge in [0.15, 0.2) is 8.32 Å². The number of anilines is 1. The predicted octanol–water partition coefficient (Wildman–Crippen LogP) is 4.98. The molecule has 24 heavy (non-hydrogen) atoms. The third-order valence-corrected chi connectivity index (χ3v) is 10.5. The van der Waals surface area contributed by atoms with Crippen LogP contribution in [-0.4, -0.2) is 52.5 Å². The smallest absolute Gasteiger partial charge is 0.192 e. The molecule has 1 fully saturated rings. The van der Waals surface area contributed by atoms with E-state index in [0.717, 1.165) is 30.7 Å². The van der Waals surface area contributed by atoms with Gasteiger partial charge in [0, 0.05) is 43.4 Å². The Morgan fingerprint density at radius 2 is 2.04 bits per heavy atom. The fourth-order valence-electron chi connectivity index (χ4n) is 2.82. The van der Waals surface area contributed by atoms with Crippen LogP contribution in [0.1, 0.15) is 27.2 Å². The summed E-state index contributed by atoms with van der Waals surface area (Å²) < 4.78 is 7.71. The topological polar surface area (TPSA) is 15.7 Å². The molecule has 1 atom stereocenters. The lowest BCUT2D eigenvalue weighted by Crippen LogP contribution is -2.44. The van der Waals surface area contributed by atoms with Gasteiger partial charge in [-0.15, -0.1) is 0 Å². The first-order valence-electron chi connectivity index (χ1n) is 8.95. The molecule has 5 heteroatoms. The molecule has 1 aromatic carbocycles. The number of hydrogen-bond acceptors (Lipinski definition) is 3. The Balaban J connectivity index is 1.80. The highest BCUT2D eigenvalue weighted by molar-refractivity contribution is 9.10. The summed E-state index contributed by atoms with van der Waals surface area (Å²) in [5.74, 6) is 0. The number of nitrogens with zero attached hydrogens (tertiary/aromatic N) is 2. The molecule has 0 unspecified atom stereocenters. The molecule has 1 aromatic rings. The van der Waals surface area contributed by atoms with Crippen LogP contribution in [-0.2, 0) is 4.43 Å². The first-order chi connectivity index (χ1) is 11.1. The highest BCUT2D eigenvalue weighted by Gasteiger charge is 2.40. The molecule has 2 rings (SSSR count). The molecule has 1 aliphatic rings. The van der Waals surface area contributed by atoms with Gasteiger partial charge in [0.2, 0.25) is 0 Å². The number of likely N-dealkylation sites (N-methyl/N-ethyl adjacent to an activating group) is 1. The van der Waals surface area contributed by atoms with E-state index in [9.17, 15) is 0 Å². The molecule has 0 N–H and O–H groups in total. The van der Waals surface area contributed by atoms with Gasteiger partial charge < -0.3 is 9.33 Å². The maximum atomic E-state index is 6.58. The quantitative estimate of drug-likeness (QED) is 0.612. The molecule has 0 aliphatic carbocycles. The fourth-order valence-corrected chi connectivity index (χ4v) is 4.59. The van der Waals surface area contributed by atoms with Crippen LogP contribution in [0, 0.1) is 0 Å². The van der Waals surface area contributed by atoms with Crippen molar-refractivity contribution < 1.29 is 4.43 Å². The van der Waals surface area contributed by atoms with Crippen molar-refractivity contribution in [3.8, 4) is 0 Å². The zero-order chi connectivity index (χ0) is 18.0. The minimum atomic E-state index is -1.65. The molecule has 1 saturated heterocycles. The number of likely N-dealkylation sites (tertiary alicyclic amines) is 1. The van der Waals surface area contributed by atoms with Crippen molar-refractivity contribution >= 4 is 29.9 Å². The maximum absolute atomic E-state index is 6.58. The molecular weight excluding hydrogens is 380 g/mol. The van der Waals surface area contributed by atoms with Gasteiger partial charge in [0.25, 0.3) is 0 Å². The Hall–Kier alpha value is -0.363. The van der Waals surface area contributed by atoms with Crippen LogP contribution >= 0.6 is 15.9 Å². The number of rotatable bonds is 6. The molecule has 0 bridgehead atoms. The van der Waals surface area contributed by atoms with E-state index in [1.54, 1.807) is 0 Å². The van der Waals surface area contributed by atoms with Crippen molar-refractivity contribution in [2.24, 2.45) is 0 Å². The van der Waals surface area contributed by atoms with Gasteiger partial charge in [0.1, 0.15) is 0 Å². The van der Waals surface area contributed by atoms with Crippen LogP contribution in [0.15, 0.2) is 28.7 Å². The van der Waals surface area contributed by atoms with Gasteiger partial charge in [-0.1, -0.05) is 42.8 Å². The van der Waals surface area contributed by atoms with Gasteiger partial charge in [-0.25, -0.2) is 0 Å². The predicted molar refractivity (Wildman–Crippen MR) is 111 cm³/mol. The van der Waals surface area contributed by atoms with Crippen LogP contribution in [0.25, 0.3) is 0 Å². The number of benzene rings is 1. The van der Waals surface area contributed by atoms with Gasteiger partial charge >= 0.3 is 0 Å². The van der Waals surface area contributed by atoms with E-state index in [0.29, 0.717) is 11.1 Å². The molecule has 0 spiro atoms. The van der Waals surface area contributed by atoms with E-state index in [2.05, 4.69) is 90.9 Å². The van der Waals surface area contributed by atoms with Gasteiger partial charge in [-0.3, -0.25) is 4.90 Å². The van der Waals surface area contributed by atoms with E-state index in [4.69, 9.17) is 4.43 Å². The zero-order valence-corrected chi connectivity index (χ0v) is 18.7. The van der Waals surface area contributed by atoms with Crippen molar-refractivity contribution in [2.45, 2.75) is 51.4 Å². The van der Waals surface area contributed by atoms with Crippen LogP contribution in [0.4, 0.5) is 5.69 Å². The summed E-state index contributed by atoms with van der Waals surface area (Å²) in [6.45, 7) is 16.1. The van der Waals surface area contributed by atoms with Crippen LogP contribution in [0.5, 0.6) is 0 Å². The Kier molecular flexibility index (Phi) is 6.56. The monoisotopic (exact) mass is 412 g/mol. The third kappa shape index (κ3) is 5.32. The second-order valence-corrected chi connectivity index (χ2v) is 14.2. The molecule has 3 nitrogen and oxygen atoms in total. The minimum Gasteiger partial charge on any atom is -0.413 e. The molecule has 0 radical (unpaired) electrons. The standard InChI is InChI=1S/C19H33BrN2OSi/c1-19(2,3)24(5,6)23-18-10-11-22(15-18)13-12-21(4)17-9-7-8-16(20)14-17/h7-9,14,18H,10-13,15H2,1-6H3/t18-/m0/s1. The lowest BCUT2D eigenvalue weighted by molar-refractivity contribution is 0.182. The fraction of sp³-hybridized carbons (Fsp3) is 0.684. The largest absolute Gasteiger partial charge is 0.413 e. The summed E-state index contributed by atoms with van der Waals surface area (Å²) in [5.41, 5.74) is 1.26. The normalized spacial score (nSPS) is 19.7. The second kappa shape index (κ2) is 7.90. The molecule has 0 amide bonds. The first-order valence-corrected chi connectivity index (χ1v) is 12.7. The van der Waals surface area contributed by atoms with Gasteiger partial charge in [-0.05, 0) is 42.8 Å². The summed E-state index contributed by atoms with van der Waals surface area (Å²) >= 11 is 3.55. The van der Waals surface area contributed by atoms with Crippen LogP contribution < -0.4 is 4.90 Å². The minimum absolute atomic E-state index is 0.293. The van der Waals surface area contributed by atoms with E-state index in [-0.39, 0.29) is 0 Å².